The van der Waals surface area contributed by atoms with Crippen LogP contribution in [-0.4, -0.2) is 97.8 Å². The summed E-state index contributed by atoms with van der Waals surface area (Å²) in [6.45, 7) is 4.32. The molecule has 3 fully saturated rings. The fourth-order valence-electron chi connectivity index (χ4n) is 7.44. The number of benzene rings is 2. The molecule has 1 aromatic heterocycles. The number of nitrogens with one attached hydrogen (secondary N) is 2. The van der Waals surface area contributed by atoms with E-state index in [0.717, 1.165) is 37.1 Å². The van der Waals surface area contributed by atoms with E-state index in [9.17, 15) is 24.6 Å². The predicted molar refractivity (Wildman–Crippen MR) is 190 cm³/mol. The highest BCUT2D eigenvalue weighted by atomic mass is 79.9. The molecule has 3 aliphatic rings. The summed E-state index contributed by atoms with van der Waals surface area (Å²) in [6, 6.07) is 12.3. The van der Waals surface area contributed by atoms with Crippen molar-refractivity contribution >= 4 is 43.8 Å². The van der Waals surface area contributed by atoms with E-state index >= 15 is 0 Å². The molecule has 11 nitrogen and oxygen atoms in total. The Bertz CT molecular complexity index is 1620. The van der Waals surface area contributed by atoms with Gasteiger partial charge in [0.15, 0.2) is 0 Å². The summed E-state index contributed by atoms with van der Waals surface area (Å²) in [5, 5.41) is 24.2. The smallest absolute Gasteiger partial charge is 0.328 e. The molecule has 3 amide bonds. The molecule has 0 radical (unpaired) electrons. The first-order chi connectivity index (χ1) is 23.2. The van der Waals surface area contributed by atoms with Crippen molar-refractivity contribution in [1.29, 1.82) is 0 Å². The summed E-state index contributed by atoms with van der Waals surface area (Å²) in [5.74, 6) is -0.0915. The van der Waals surface area contributed by atoms with Gasteiger partial charge in [-0.2, -0.15) is 0 Å². The number of rotatable bonds is 8. The number of H-pyrrole nitrogens is 1. The minimum atomic E-state index is -0.790. The van der Waals surface area contributed by atoms with Crippen LogP contribution in [-0.2, 0) is 17.6 Å². The van der Waals surface area contributed by atoms with Gasteiger partial charge in [-0.15, -0.1) is 0 Å². The number of halogens is 2. The van der Waals surface area contributed by atoms with Crippen molar-refractivity contribution < 1.29 is 19.8 Å². The van der Waals surface area contributed by atoms with Crippen LogP contribution in [0.1, 0.15) is 67.8 Å². The molecule has 0 bridgehead atoms. The van der Waals surface area contributed by atoms with Gasteiger partial charge in [-0.25, -0.2) is 9.59 Å². The number of aromatic hydroxyl groups is 2. The quantitative estimate of drug-likeness (QED) is 0.250. The van der Waals surface area contributed by atoms with Gasteiger partial charge in [0.25, 0.3) is 0 Å². The van der Waals surface area contributed by atoms with Crippen molar-refractivity contribution in [2.45, 2.75) is 75.9 Å². The maximum absolute atomic E-state index is 14.0. The molecule has 258 valence electrons. The first-order valence-electron chi connectivity index (χ1n) is 17.0. The standard InChI is InChI=1S/C35H44Br2N6O5/c36-27-19-24(20-28(37)31(27)44)22-29(32(45)41-15-9-25(10-16-41)40-13-5-2-6-14-40)38-34(47)42-17-11-26(12-18-42)43-33(46)30(39-35(43)48)21-23-7-3-1-4-8-23/h1,3-4,7-8,19-20,25-26,29,44,46H,2,5-6,9-18,21-22H2,(H,38,47)(H,39,48)/t29-/m0/s1. The molecule has 6 rings (SSSR count). The number of piperidine rings is 3. The Kier molecular flexibility index (Phi) is 11.2. The molecule has 0 saturated carbocycles. The van der Waals surface area contributed by atoms with Gasteiger partial charge in [0.05, 0.1) is 14.6 Å². The molecule has 2 aromatic carbocycles. The third kappa shape index (κ3) is 7.94. The van der Waals surface area contributed by atoms with Crippen molar-refractivity contribution in [2.75, 3.05) is 39.3 Å². The molecular weight excluding hydrogens is 744 g/mol. The largest absolute Gasteiger partial charge is 0.506 e. The Morgan fingerprint density at radius 3 is 2.08 bits per heavy atom. The number of nitrogens with zero attached hydrogens (tertiary/aromatic N) is 4. The number of aromatic amines is 1. The van der Waals surface area contributed by atoms with Crippen LogP contribution >= 0.6 is 31.9 Å². The van der Waals surface area contributed by atoms with Crippen LogP contribution in [0.15, 0.2) is 56.2 Å². The first kappa shape index (κ1) is 34.6. The molecule has 0 unspecified atom stereocenters. The summed E-state index contributed by atoms with van der Waals surface area (Å²) in [6.07, 6.45) is 7.27. The molecule has 3 saturated heterocycles. The molecular formula is C35H44Br2N6O5. The monoisotopic (exact) mass is 786 g/mol. The van der Waals surface area contributed by atoms with E-state index in [-0.39, 0.29) is 41.7 Å². The summed E-state index contributed by atoms with van der Waals surface area (Å²) in [7, 11) is 0. The van der Waals surface area contributed by atoms with Crippen LogP contribution in [0, 0.1) is 0 Å². The summed E-state index contributed by atoms with van der Waals surface area (Å²) in [5.41, 5.74) is 1.89. The Balaban J connectivity index is 1.11. The average Bonchev–Trinajstić information content (AvgIpc) is 3.38. The van der Waals surface area contributed by atoms with Crippen LogP contribution in [0.25, 0.3) is 0 Å². The number of phenolic OH excluding ortho intramolecular Hbond substituents is 1. The number of carbonyl (C=O) groups excluding carboxylic acids is 2. The Morgan fingerprint density at radius 2 is 1.44 bits per heavy atom. The zero-order valence-corrected chi connectivity index (χ0v) is 30.2. The average molecular weight is 789 g/mol. The number of phenols is 1. The van der Waals surface area contributed by atoms with Crippen LogP contribution in [0.4, 0.5) is 4.79 Å². The Labute approximate surface area is 297 Å². The van der Waals surface area contributed by atoms with Crippen molar-refractivity contribution in [1.82, 2.24) is 29.6 Å². The van der Waals surface area contributed by atoms with E-state index in [0.29, 0.717) is 66.1 Å². The van der Waals surface area contributed by atoms with E-state index in [2.05, 4.69) is 47.1 Å². The maximum Gasteiger partial charge on any atom is 0.328 e. The normalized spacial score (nSPS) is 19.0. The number of imidazole rings is 1. The van der Waals surface area contributed by atoms with Crippen LogP contribution in [0.3, 0.4) is 0 Å². The van der Waals surface area contributed by atoms with Gasteiger partial charge < -0.3 is 35.2 Å². The molecule has 0 spiro atoms. The lowest BCUT2D eigenvalue weighted by atomic mass is 9.98. The number of likely N-dealkylation sites (tertiary alicyclic amines) is 3. The second-order valence-electron chi connectivity index (χ2n) is 13.3. The summed E-state index contributed by atoms with van der Waals surface area (Å²) in [4.78, 5) is 49.5. The SMILES string of the molecule is O=C(N[C@@H](Cc1cc(Br)c(O)c(Br)c1)C(=O)N1CCC(N2CCCCC2)CC1)N1CCC(n2c(O)c(Cc3ccccc3)[nH]c2=O)CC1. The van der Waals surface area contributed by atoms with Gasteiger partial charge in [0, 0.05) is 51.1 Å². The number of carbonyl (C=O) groups is 2. The predicted octanol–water partition coefficient (Wildman–Crippen LogP) is 5.14. The third-order valence-corrected chi connectivity index (χ3v) is 11.3. The lowest BCUT2D eigenvalue weighted by Crippen LogP contribution is -2.56. The lowest BCUT2D eigenvalue weighted by Gasteiger charge is -2.41. The van der Waals surface area contributed by atoms with Crippen LogP contribution < -0.4 is 11.0 Å². The molecule has 1 atom stereocenters. The zero-order chi connectivity index (χ0) is 33.8. The molecule has 3 aromatic rings. The van der Waals surface area contributed by atoms with Gasteiger partial charge in [-0.3, -0.25) is 9.36 Å². The van der Waals surface area contributed by atoms with E-state index in [1.54, 1.807) is 17.0 Å². The van der Waals surface area contributed by atoms with Crippen LogP contribution in [0.5, 0.6) is 11.6 Å². The Morgan fingerprint density at radius 1 is 0.833 bits per heavy atom. The van der Waals surface area contributed by atoms with Gasteiger partial charge in [0.1, 0.15) is 11.8 Å². The Hall–Kier alpha value is -3.29. The second kappa shape index (κ2) is 15.5. The van der Waals surface area contributed by atoms with Crippen molar-refractivity contribution in [3.05, 3.63) is 78.7 Å². The number of aromatic nitrogens is 2. The van der Waals surface area contributed by atoms with Gasteiger partial charge in [-0.1, -0.05) is 36.8 Å². The van der Waals surface area contributed by atoms with Gasteiger partial charge in [0.2, 0.25) is 11.8 Å². The highest BCUT2D eigenvalue weighted by Gasteiger charge is 2.34. The minimum Gasteiger partial charge on any atom is -0.506 e. The van der Waals surface area contributed by atoms with Crippen molar-refractivity contribution in [3.8, 4) is 11.6 Å². The van der Waals surface area contributed by atoms with E-state index in [1.165, 1.54) is 23.8 Å². The number of amides is 3. The number of urea groups is 1. The van der Waals surface area contributed by atoms with Gasteiger partial charge in [-0.05, 0) is 107 Å². The van der Waals surface area contributed by atoms with Crippen LogP contribution in [0.2, 0.25) is 0 Å². The number of hydrogen-bond donors (Lipinski definition) is 4. The highest BCUT2D eigenvalue weighted by molar-refractivity contribution is 9.11. The first-order valence-corrected chi connectivity index (χ1v) is 18.6. The fourth-order valence-corrected chi connectivity index (χ4v) is 8.72. The van der Waals surface area contributed by atoms with Crippen molar-refractivity contribution in [3.63, 3.8) is 0 Å². The third-order valence-electron chi connectivity index (χ3n) is 10.1. The highest BCUT2D eigenvalue weighted by Crippen LogP contribution is 2.34. The maximum atomic E-state index is 14.0. The van der Waals surface area contributed by atoms with E-state index < -0.39 is 6.04 Å². The summed E-state index contributed by atoms with van der Waals surface area (Å²) < 4.78 is 2.42. The van der Waals surface area contributed by atoms with E-state index in [4.69, 9.17) is 0 Å². The molecule has 0 aliphatic carbocycles. The van der Waals surface area contributed by atoms with Gasteiger partial charge >= 0.3 is 11.7 Å². The molecule has 3 aliphatic heterocycles. The lowest BCUT2D eigenvalue weighted by molar-refractivity contribution is -0.134. The topological polar surface area (TPSA) is 134 Å². The zero-order valence-electron chi connectivity index (χ0n) is 27.0. The van der Waals surface area contributed by atoms with Crippen molar-refractivity contribution in [2.24, 2.45) is 0 Å². The minimum absolute atomic E-state index is 0.0623. The molecule has 4 N–H and O–H groups in total. The molecule has 4 heterocycles. The second-order valence-corrected chi connectivity index (χ2v) is 15.0. The summed E-state index contributed by atoms with van der Waals surface area (Å²) >= 11 is 6.78. The van der Waals surface area contributed by atoms with E-state index in [1.807, 2.05) is 35.2 Å². The molecule has 13 heteroatoms. The fraction of sp³-hybridized carbons (Fsp3) is 0.514. The molecule has 48 heavy (non-hydrogen) atoms. The number of hydrogen-bond acceptors (Lipinski definition) is 6.